The smallest absolute Gasteiger partial charge is 0.0581 e. The fourth-order valence-electron chi connectivity index (χ4n) is 1.82. The lowest BCUT2D eigenvalue weighted by Gasteiger charge is -2.28. The van der Waals surface area contributed by atoms with Crippen molar-refractivity contribution in [2.45, 2.75) is 44.0 Å². The number of thioether (sulfide) groups is 1. The van der Waals surface area contributed by atoms with Crippen molar-refractivity contribution in [3.8, 4) is 0 Å². The normalized spacial score (nSPS) is 30.2. The Balaban J connectivity index is 2.17. The zero-order valence-electron chi connectivity index (χ0n) is 9.24. The van der Waals surface area contributed by atoms with Crippen LogP contribution >= 0.6 is 11.8 Å². The van der Waals surface area contributed by atoms with E-state index in [9.17, 15) is 0 Å². The summed E-state index contributed by atoms with van der Waals surface area (Å²) in [5.74, 6) is 1.51. The molecule has 1 saturated carbocycles. The van der Waals surface area contributed by atoms with Gasteiger partial charge in [0.2, 0.25) is 0 Å². The van der Waals surface area contributed by atoms with Crippen LogP contribution in [0, 0.1) is 5.92 Å². The number of aliphatic hydroxyl groups is 1. The molecule has 0 amide bonds. The minimum absolute atomic E-state index is 0.313. The summed E-state index contributed by atoms with van der Waals surface area (Å²) < 4.78 is 5.39. The molecular formula is C11H22O2S. The van der Waals surface area contributed by atoms with E-state index in [4.69, 9.17) is 9.84 Å². The molecule has 0 heterocycles. The van der Waals surface area contributed by atoms with Gasteiger partial charge in [-0.25, -0.2) is 0 Å². The summed E-state index contributed by atoms with van der Waals surface area (Å²) in [6.07, 6.45) is 5.51. The van der Waals surface area contributed by atoms with Crippen molar-refractivity contribution in [2.75, 3.05) is 19.5 Å². The monoisotopic (exact) mass is 218 g/mol. The van der Waals surface area contributed by atoms with Crippen molar-refractivity contribution >= 4 is 11.8 Å². The van der Waals surface area contributed by atoms with Gasteiger partial charge in [-0.3, -0.25) is 0 Å². The van der Waals surface area contributed by atoms with Crippen molar-refractivity contribution in [1.82, 2.24) is 0 Å². The summed E-state index contributed by atoms with van der Waals surface area (Å²) >= 11 is 2.01. The Morgan fingerprint density at radius 1 is 1.50 bits per heavy atom. The maximum atomic E-state index is 8.92. The SMILES string of the molecule is COC1CCCC(SCC(C)CO)C1. The Hall–Kier alpha value is 0.270. The first-order valence-corrected chi connectivity index (χ1v) is 6.56. The second-order valence-electron chi connectivity index (χ2n) is 4.27. The van der Waals surface area contributed by atoms with Crippen LogP contribution in [0.5, 0.6) is 0 Å². The first-order valence-electron chi connectivity index (χ1n) is 5.51. The molecule has 1 fully saturated rings. The van der Waals surface area contributed by atoms with E-state index in [-0.39, 0.29) is 0 Å². The Morgan fingerprint density at radius 2 is 2.29 bits per heavy atom. The summed E-state index contributed by atoms with van der Waals surface area (Å²) in [6.45, 7) is 2.41. The number of hydrogen-bond donors (Lipinski definition) is 1. The molecule has 0 spiro atoms. The van der Waals surface area contributed by atoms with Gasteiger partial charge < -0.3 is 9.84 Å². The maximum Gasteiger partial charge on any atom is 0.0581 e. The Bertz CT molecular complexity index is 152. The summed E-state index contributed by atoms with van der Waals surface area (Å²) in [5.41, 5.74) is 0. The van der Waals surface area contributed by atoms with E-state index in [1.54, 1.807) is 0 Å². The lowest BCUT2D eigenvalue weighted by molar-refractivity contribution is 0.0730. The van der Waals surface area contributed by atoms with Crippen molar-refractivity contribution in [1.29, 1.82) is 0 Å². The molecule has 0 aromatic carbocycles. The lowest BCUT2D eigenvalue weighted by Crippen LogP contribution is -2.24. The highest BCUT2D eigenvalue weighted by Crippen LogP contribution is 2.30. The third kappa shape index (κ3) is 4.20. The van der Waals surface area contributed by atoms with Crippen LogP contribution in [-0.4, -0.2) is 35.9 Å². The fourth-order valence-corrected chi connectivity index (χ4v) is 3.21. The average molecular weight is 218 g/mol. The zero-order chi connectivity index (χ0) is 10.4. The molecule has 14 heavy (non-hydrogen) atoms. The van der Waals surface area contributed by atoms with Gasteiger partial charge in [0, 0.05) is 19.0 Å². The first-order chi connectivity index (χ1) is 6.76. The molecule has 84 valence electrons. The fraction of sp³-hybridized carbons (Fsp3) is 1.00. The van der Waals surface area contributed by atoms with Crippen LogP contribution in [0.1, 0.15) is 32.6 Å². The third-order valence-corrected chi connectivity index (χ3v) is 4.50. The van der Waals surface area contributed by atoms with Crippen LogP contribution in [0.15, 0.2) is 0 Å². The predicted molar refractivity (Wildman–Crippen MR) is 61.8 cm³/mol. The summed E-state index contributed by atoms with van der Waals surface area (Å²) in [4.78, 5) is 0. The Kier molecular flexibility index (Phi) is 5.90. The average Bonchev–Trinajstić information content (AvgIpc) is 2.26. The second-order valence-corrected chi connectivity index (χ2v) is 5.60. The highest BCUT2D eigenvalue weighted by Gasteiger charge is 2.22. The van der Waals surface area contributed by atoms with Crippen LogP contribution in [0.25, 0.3) is 0 Å². The molecule has 0 aromatic heterocycles. The molecule has 3 unspecified atom stereocenters. The molecular weight excluding hydrogens is 196 g/mol. The summed E-state index contributed by atoms with van der Waals surface area (Å²) in [6, 6.07) is 0. The van der Waals surface area contributed by atoms with Gasteiger partial charge in [-0.2, -0.15) is 11.8 Å². The van der Waals surface area contributed by atoms with E-state index in [0.29, 0.717) is 18.6 Å². The molecule has 0 aliphatic heterocycles. The number of rotatable bonds is 5. The molecule has 1 N–H and O–H groups in total. The van der Waals surface area contributed by atoms with Gasteiger partial charge >= 0.3 is 0 Å². The van der Waals surface area contributed by atoms with Gasteiger partial charge in [-0.1, -0.05) is 6.92 Å². The summed E-state index contributed by atoms with van der Waals surface area (Å²) in [7, 11) is 1.81. The van der Waals surface area contributed by atoms with Gasteiger partial charge in [-0.15, -0.1) is 0 Å². The van der Waals surface area contributed by atoms with Gasteiger partial charge in [0.15, 0.2) is 0 Å². The van der Waals surface area contributed by atoms with Gasteiger partial charge in [-0.05, 0) is 37.4 Å². The standard InChI is InChI=1S/C11H22O2S/c1-9(7-12)8-14-11-5-3-4-10(6-11)13-2/h9-12H,3-8H2,1-2H3. The van der Waals surface area contributed by atoms with Gasteiger partial charge in [0.05, 0.1) is 6.10 Å². The topological polar surface area (TPSA) is 29.5 Å². The van der Waals surface area contributed by atoms with Gasteiger partial charge in [0.25, 0.3) is 0 Å². The van der Waals surface area contributed by atoms with Crippen molar-refractivity contribution in [3.63, 3.8) is 0 Å². The van der Waals surface area contributed by atoms with Crippen LogP contribution in [0.4, 0.5) is 0 Å². The van der Waals surface area contributed by atoms with Crippen LogP contribution in [0.2, 0.25) is 0 Å². The van der Waals surface area contributed by atoms with E-state index >= 15 is 0 Å². The summed E-state index contributed by atoms with van der Waals surface area (Å²) in [5, 5.41) is 9.68. The molecule has 0 aromatic rings. The largest absolute Gasteiger partial charge is 0.396 e. The molecule has 1 rings (SSSR count). The van der Waals surface area contributed by atoms with Crippen molar-refractivity contribution in [3.05, 3.63) is 0 Å². The van der Waals surface area contributed by atoms with E-state index in [2.05, 4.69) is 6.92 Å². The third-order valence-electron chi connectivity index (χ3n) is 2.84. The number of hydrogen-bond acceptors (Lipinski definition) is 3. The first kappa shape index (κ1) is 12.3. The quantitative estimate of drug-likeness (QED) is 0.768. The second kappa shape index (κ2) is 6.70. The van der Waals surface area contributed by atoms with Crippen LogP contribution in [0.3, 0.4) is 0 Å². The number of methoxy groups -OCH3 is 1. The van der Waals surface area contributed by atoms with Crippen LogP contribution < -0.4 is 0 Å². The zero-order valence-corrected chi connectivity index (χ0v) is 10.1. The highest BCUT2D eigenvalue weighted by atomic mass is 32.2. The Labute approximate surface area is 91.4 Å². The molecule has 1 aliphatic carbocycles. The van der Waals surface area contributed by atoms with E-state index in [0.717, 1.165) is 11.0 Å². The molecule has 2 nitrogen and oxygen atoms in total. The predicted octanol–water partition coefficient (Wildman–Crippen LogP) is 2.31. The van der Waals surface area contributed by atoms with Crippen LogP contribution in [-0.2, 0) is 4.74 Å². The number of ether oxygens (including phenoxy) is 1. The number of aliphatic hydroxyl groups excluding tert-OH is 1. The Morgan fingerprint density at radius 3 is 2.93 bits per heavy atom. The minimum Gasteiger partial charge on any atom is -0.396 e. The lowest BCUT2D eigenvalue weighted by atomic mass is 9.97. The van der Waals surface area contributed by atoms with E-state index < -0.39 is 0 Å². The molecule has 0 bridgehead atoms. The molecule has 3 heteroatoms. The minimum atomic E-state index is 0.313. The van der Waals surface area contributed by atoms with Crippen molar-refractivity contribution < 1.29 is 9.84 Å². The molecule has 3 atom stereocenters. The molecule has 1 aliphatic rings. The molecule has 0 radical (unpaired) electrons. The highest BCUT2D eigenvalue weighted by molar-refractivity contribution is 7.99. The van der Waals surface area contributed by atoms with E-state index in [1.165, 1.54) is 25.7 Å². The van der Waals surface area contributed by atoms with E-state index in [1.807, 2.05) is 18.9 Å². The molecule has 0 saturated heterocycles. The maximum absolute atomic E-state index is 8.92. The van der Waals surface area contributed by atoms with Crippen molar-refractivity contribution in [2.24, 2.45) is 5.92 Å². The van der Waals surface area contributed by atoms with Gasteiger partial charge in [0.1, 0.15) is 0 Å².